The number of hydrogen-bond donors (Lipinski definition) is 0. The lowest BCUT2D eigenvalue weighted by Crippen LogP contribution is -2.47. The molecule has 7 nitrogen and oxygen atoms in total. The number of esters is 2. The molecular formula is C13H19NO6. The summed E-state index contributed by atoms with van der Waals surface area (Å²) in [6, 6.07) is 0. The van der Waals surface area contributed by atoms with Crippen molar-refractivity contribution in [2.45, 2.75) is 32.7 Å². The van der Waals surface area contributed by atoms with Gasteiger partial charge in [0.25, 0.3) is 0 Å². The first kappa shape index (κ1) is 16.1. The van der Waals surface area contributed by atoms with Crippen LogP contribution in [0.5, 0.6) is 0 Å². The first-order valence-corrected chi connectivity index (χ1v) is 6.17. The van der Waals surface area contributed by atoms with Crippen molar-refractivity contribution in [3.63, 3.8) is 0 Å². The summed E-state index contributed by atoms with van der Waals surface area (Å²) < 4.78 is 9.06. The van der Waals surface area contributed by atoms with E-state index in [4.69, 9.17) is 0 Å². The molecule has 112 valence electrons. The number of imide groups is 1. The van der Waals surface area contributed by atoms with Crippen LogP contribution in [-0.4, -0.2) is 48.4 Å². The van der Waals surface area contributed by atoms with Gasteiger partial charge < -0.3 is 9.47 Å². The minimum absolute atomic E-state index is 0.203. The van der Waals surface area contributed by atoms with Crippen LogP contribution in [0, 0.1) is 11.8 Å². The fraction of sp³-hybridized carbons (Fsp3) is 0.692. The van der Waals surface area contributed by atoms with Gasteiger partial charge in [-0.1, -0.05) is 0 Å². The molecule has 0 N–H and O–H groups in total. The second-order valence-corrected chi connectivity index (χ2v) is 5.57. The standard InChI is InChI=1S/C13H19NO6/c1-13(2,3)14-8(15)6-7(10(14)16)9(11(17)19-4)12(18)20-5/h7,9H,6H2,1-5H3. The lowest BCUT2D eigenvalue weighted by atomic mass is 9.90. The van der Waals surface area contributed by atoms with Gasteiger partial charge in [-0.3, -0.25) is 24.1 Å². The quantitative estimate of drug-likeness (QED) is 0.416. The van der Waals surface area contributed by atoms with Gasteiger partial charge in [-0.15, -0.1) is 0 Å². The predicted octanol–water partition coefficient (Wildman–Crippen LogP) is 0.122. The van der Waals surface area contributed by atoms with Crippen molar-refractivity contribution in [1.82, 2.24) is 4.90 Å². The molecule has 0 aliphatic carbocycles. The average molecular weight is 285 g/mol. The highest BCUT2D eigenvalue weighted by atomic mass is 16.5. The van der Waals surface area contributed by atoms with E-state index >= 15 is 0 Å². The van der Waals surface area contributed by atoms with Crippen LogP contribution in [-0.2, 0) is 28.7 Å². The molecule has 2 amide bonds. The van der Waals surface area contributed by atoms with Gasteiger partial charge >= 0.3 is 11.9 Å². The number of hydrogen-bond acceptors (Lipinski definition) is 6. The number of ether oxygens (including phenoxy) is 2. The fourth-order valence-corrected chi connectivity index (χ4v) is 2.30. The van der Waals surface area contributed by atoms with Gasteiger partial charge in [-0.2, -0.15) is 0 Å². The molecule has 0 radical (unpaired) electrons. The van der Waals surface area contributed by atoms with E-state index in [9.17, 15) is 19.2 Å². The van der Waals surface area contributed by atoms with E-state index < -0.39 is 41.1 Å². The molecule has 1 saturated heterocycles. The number of carbonyl (C=O) groups excluding carboxylic acids is 4. The first-order chi connectivity index (χ1) is 9.15. The summed E-state index contributed by atoms with van der Waals surface area (Å²) in [6.45, 7) is 5.11. The summed E-state index contributed by atoms with van der Waals surface area (Å²) in [5, 5.41) is 0. The van der Waals surface area contributed by atoms with Crippen molar-refractivity contribution in [2.24, 2.45) is 11.8 Å². The summed E-state index contributed by atoms with van der Waals surface area (Å²) in [7, 11) is 2.22. The maximum absolute atomic E-state index is 12.3. The van der Waals surface area contributed by atoms with E-state index in [1.165, 1.54) is 0 Å². The van der Waals surface area contributed by atoms with Crippen molar-refractivity contribution in [3.8, 4) is 0 Å². The molecule has 0 aromatic heterocycles. The van der Waals surface area contributed by atoms with Crippen molar-refractivity contribution in [1.29, 1.82) is 0 Å². The number of methoxy groups -OCH3 is 2. The molecular weight excluding hydrogens is 266 g/mol. The van der Waals surface area contributed by atoms with Crippen LogP contribution >= 0.6 is 0 Å². The molecule has 0 saturated carbocycles. The highest BCUT2D eigenvalue weighted by molar-refractivity contribution is 6.09. The van der Waals surface area contributed by atoms with E-state index in [-0.39, 0.29) is 6.42 Å². The van der Waals surface area contributed by atoms with Crippen LogP contribution in [0.15, 0.2) is 0 Å². The topological polar surface area (TPSA) is 90.0 Å². The second-order valence-electron chi connectivity index (χ2n) is 5.57. The Hall–Kier alpha value is -1.92. The zero-order valence-electron chi connectivity index (χ0n) is 12.3. The number of likely N-dealkylation sites (tertiary alicyclic amines) is 1. The molecule has 0 bridgehead atoms. The van der Waals surface area contributed by atoms with E-state index in [1.807, 2.05) is 0 Å². The monoisotopic (exact) mass is 285 g/mol. The van der Waals surface area contributed by atoms with Crippen LogP contribution in [0.4, 0.5) is 0 Å². The Kier molecular flexibility index (Phi) is 4.52. The number of amides is 2. The maximum Gasteiger partial charge on any atom is 0.320 e. The smallest absolute Gasteiger partial charge is 0.320 e. The number of rotatable bonds is 3. The average Bonchev–Trinajstić information content (AvgIpc) is 2.64. The minimum atomic E-state index is -1.41. The van der Waals surface area contributed by atoms with Gasteiger partial charge in [-0.05, 0) is 20.8 Å². The molecule has 0 aromatic rings. The van der Waals surface area contributed by atoms with Gasteiger partial charge in [0.2, 0.25) is 11.8 Å². The Morgan fingerprint density at radius 2 is 1.60 bits per heavy atom. The molecule has 1 aliphatic rings. The summed E-state index contributed by atoms with van der Waals surface area (Å²) in [5.74, 6) is -5.19. The van der Waals surface area contributed by atoms with E-state index in [0.717, 1.165) is 19.1 Å². The van der Waals surface area contributed by atoms with Gasteiger partial charge in [0.15, 0.2) is 5.92 Å². The van der Waals surface area contributed by atoms with E-state index in [0.29, 0.717) is 0 Å². The third kappa shape index (κ3) is 2.81. The van der Waals surface area contributed by atoms with Gasteiger partial charge in [0.1, 0.15) is 0 Å². The normalized spacial score (nSPS) is 19.5. The Morgan fingerprint density at radius 1 is 1.15 bits per heavy atom. The molecule has 7 heteroatoms. The Balaban J connectivity index is 3.12. The molecule has 1 unspecified atom stereocenters. The van der Waals surface area contributed by atoms with Crippen molar-refractivity contribution in [2.75, 3.05) is 14.2 Å². The molecule has 1 heterocycles. The molecule has 1 fully saturated rings. The minimum Gasteiger partial charge on any atom is -0.468 e. The fourth-order valence-electron chi connectivity index (χ4n) is 2.30. The van der Waals surface area contributed by atoms with Crippen LogP contribution in [0.2, 0.25) is 0 Å². The molecule has 1 aliphatic heterocycles. The van der Waals surface area contributed by atoms with Crippen molar-refractivity contribution < 1.29 is 28.7 Å². The Morgan fingerprint density at radius 3 is 1.90 bits per heavy atom. The third-order valence-electron chi connectivity index (χ3n) is 3.16. The summed E-state index contributed by atoms with van der Waals surface area (Å²) in [4.78, 5) is 48.8. The summed E-state index contributed by atoms with van der Waals surface area (Å²) in [6.07, 6.45) is -0.203. The van der Waals surface area contributed by atoms with Crippen LogP contribution < -0.4 is 0 Å². The molecule has 0 spiro atoms. The lowest BCUT2D eigenvalue weighted by Gasteiger charge is -2.30. The first-order valence-electron chi connectivity index (χ1n) is 6.17. The van der Waals surface area contributed by atoms with Gasteiger partial charge in [-0.25, -0.2) is 0 Å². The number of nitrogens with zero attached hydrogens (tertiary/aromatic N) is 1. The molecule has 0 aromatic carbocycles. The van der Waals surface area contributed by atoms with Gasteiger partial charge in [0.05, 0.1) is 20.1 Å². The van der Waals surface area contributed by atoms with E-state index in [1.54, 1.807) is 20.8 Å². The van der Waals surface area contributed by atoms with Crippen LogP contribution in [0.3, 0.4) is 0 Å². The van der Waals surface area contributed by atoms with Crippen LogP contribution in [0.1, 0.15) is 27.2 Å². The highest BCUT2D eigenvalue weighted by Crippen LogP contribution is 2.33. The largest absolute Gasteiger partial charge is 0.468 e. The third-order valence-corrected chi connectivity index (χ3v) is 3.16. The molecule has 1 atom stereocenters. The zero-order chi connectivity index (χ0) is 15.7. The van der Waals surface area contributed by atoms with Crippen LogP contribution in [0.25, 0.3) is 0 Å². The van der Waals surface area contributed by atoms with Crippen molar-refractivity contribution >= 4 is 23.8 Å². The lowest BCUT2D eigenvalue weighted by molar-refractivity contribution is -0.164. The van der Waals surface area contributed by atoms with Crippen molar-refractivity contribution in [3.05, 3.63) is 0 Å². The zero-order valence-corrected chi connectivity index (χ0v) is 12.3. The Labute approximate surface area is 117 Å². The SMILES string of the molecule is COC(=O)C(C(=O)OC)C1CC(=O)N(C(C)(C)C)C1=O. The second kappa shape index (κ2) is 5.60. The number of carbonyl (C=O) groups is 4. The highest BCUT2D eigenvalue weighted by Gasteiger charge is 2.52. The predicted molar refractivity (Wildman–Crippen MR) is 67.2 cm³/mol. The molecule has 20 heavy (non-hydrogen) atoms. The summed E-state index contributed by atoms with van der Waals surface area (Å²) in [5.41, 5.74) is -0.709. The Bertz CT molecular complexity index is 434. The molecule has 1 rings (SSSR count). The van der Waals surface area contributed by atoms with Gasteiger partial charge in [0, 0.05) is 12.0 Å². The summed E-state index contributed by atoms with van der Waals surface area (Å²) >= 11 is 0. The maximum atomic E-state index is 12.3. The van der Waals surface area contributed by atoms with E-state index in [2.05, 4.69) is 9.47 Å².